The summed E-state index contributed by atoms with van der Waals surface area (Å²) in [6, 6.07) is -0.983. The van der Waals surface area contributed by atoms with Crippen molar-refractivity contribution in [3.63, 3.8) is 0 Å². The molecule has 0 bridgehead atoms. The van der Waals surface area contributed by atoms with Crippen LogP contribution >= 0.6 is 15.9 Å². The molecule has 1 aliphatic heterocycles. The van der Waals surface area contributed by atoms with Crippen molar-refractivity contribution < 1.29 is 14.6 Å². The summed E-state index contributed by atoms with van der Waals surface area (Å²) in [5.41, 5.74) is 0. The number of carbonyl (C=O) groups excluding carboxylic acids is 1. The average Bonchev–Trinajstić information content (AvgIpc) is 2.21. The number of ether oxygens (including phenoxy) is 1. The number of hydrogen-bond acceptors (Lipinski definition) is 3. The van der Waals surface area contributed by atoms with Crippen LogP contribution in [0.2, 0.25) is 0 Å². The third-order valence-electron chi connectivity index (χ3n) is 2.46. The van der Waals surface area contributed by atoms with E-state index in [-0.39, 0.29) is 5.78 Å². The van der Waals surface area contributed by atoms with E-state index in [1.165, 1.54) is 6.08 Å². The van der Waals surface area contributed by atoms with Crippen LogP contribution in [0.15, 0.2) is 10.6 Å². The standard InChI is InChI=1S/C9H12B3BrO3/c1-2-3-4-9(15)7(13)5-6(14)8(16-9)12(10)11/h5,8,15H,2-4H2,1H3/t8?,9-/m1/s1. The van der Waals surface area contributed by atoms with Gasteiger partial charge in [-0.05, 0) is 28.4 Å². The van der Waals surface area contributed by atoms with E-state index in [4.69, 9.17) is 20.2 Å². The second-order valence-corrected chi connectivity index (χ2v) is 4.75. The largest absolute Gasteiger partial charge is 0.361 e. The minimum atomic E-state index is -1.48. The first-order chi connectivity index (χ1) is 7.40. The van der Waals surface area contributed by atoms with Crippen LogP contribution < -0.4 is 0 Å². The number of hydrogen-bond donors (Lipinski definition) is 1. The third kappa shape index (κ3) is 3.02. The summed E-state index contributed by atoms with van der Waals surface area (Å²) in [4.78, 5) is 11.5. The van der Waals surface area contributed by atoms with Gasteiger partial charge in [-0.15, -0.1) is 0 Å². The predicted octanol–water partition coefficient (Wildman–Crippen LogP) is 0.476. The number of aliphatic hydroxyl groups is 1. The van der Waals surface area contributed by atoms with Gasteiger partial charge in [0.2, 0.25) is 0 Å². The van der Waals surface area contributed by atoms with Crippen molar-refractivity contribution in [2.45, 2.75) is 38.0 Å². The van der Waals surface area contributed by atoms with Gasteiger partial charge in [0.25, 0.3) is 0 Å². The number of rotatable bonds is 4. The van der Waals surface area contributed by atoms with Crippen molar-refractivity contribution in [2.75, 3.05) is 0 Å². The minimum Gasteiger partial charge on any atom is -0.361 e. The highest BCUT2D eigenvalue weighted by Crippen LogP contribution is 2.34. The maximum atomic E-state index is 11.5. The molecule has 0 spiro atoms. The van der Waals surface area contributed by atoms with Crippen LogP contribution in [0.4, 0.5) is 0 Å². The topological polar surface area (TPSA) is 46.5 Å². The number of unbranched alkanes of at least 4 members (excludes halogenated alkanes) is 1. The Hall–Kier alpha value is 0.00481. The van der Waals surface area contributed by atoms with E-state index in [0.29, 0.717) is 10.9 Å². The molecule has 3 nitrogen and oxygen atoms in total. The van der Waals surface area contributed by atoms with Gasteiger partial charge in [-0.25, -0.2) is 0 Å². The van der Waals surface area contributed by atoms with Gasteiger partial charge < -0.3 is 9.84 Å². The minimum absolute atomic E-state index is 0.329. The molecule has 0 aliphatic carbocycles. The van der Waals surface area contributed by atoms with Crippen LogP contribution in [-0.2, 0) is 9.53 Å². The summed E-state index contributed by atoms with van der Waals surface area (Å²) < 4.78 is 5.63. The van der Waals surface area contributed by atoms with Crippen molar-refractivity contribution in [1.82, 2.24) is 0 Å². The molecule has 4 radical (unpaired) electrons. The smallest absolute Gasteiger partial charge is 0.198 e. The fourth-order valence-corrected chi connectivity index (χ4v) is 2.02. The molecule has 0 saturated carbocycles. The molecule has 2 atom stereocenters. The molecule has 0 aromatic carbocycles. The first kappa shape index (κ1) is 14.1. The fourth-order valence-electron chi connectivity index (χ4n) is 1.51. The molecule has 82 valence electrons. The van der Waals surface area contributed by atoms with E-state index >= 15 is 0 Å². The molecule has 16 heavy (non-hydrogen) atoms. The molecule has 0 amide bonds. The lowest BCUT2D eigenvalue weighted by Gasteiger charge is -2.36. The van der Waals surface area contributed by atoms with Gasteiger partial charge in [0, 0.05) is 21.9 Å². The van der Waals surface area contributed by atoms with Crippen molar-refractivity contribution in [3.8, 4) is 0 Å². The van der Waals surface area contributed by atoms with Gasteiger partial charge in [-0.3, -0.25) is 4.79 Å². The van der Waals surface area contributed by atoms with E-state index in [1.54, 1.807) is 0 Å². The number of ketones is 1. The molecule has 1 unspecified atom stereocenters. The molecular weight excluding hydrogens is 268 g/mol. The van der Waals surface area contributed by atoms with Gasteiger partial charge >= 0.3 is 0 Å². The average molecular weight is 281 g/mol. The number of halogens is 1. The predicted molar refractivity (Wildman–Crippen MR) is 68.6 cm³/mol. The SMILES string of the molecule is [B]B([B])C1O[C@](O)(CCCC)C(Br)=CC1=O. The molecule has 1 heterocycles. The maximum absolute atomic E-state index is 11.5. The second-order valence-electron chi connectivity index (χ2n) is 3.90. The molecule has 1 rings (SSSR count). The van der Waals surface area contributed by atoms with Crippen LogP contribution in [0.25, 0.3) is 0 Å². The van der Waals surface area contributed by atoms with Gasteiger partial charge in [0.15, 0.2) is 11.6 Å². The Morgan fingerprint density at radius 1 is 1.69 bits per heavy atom. The Balaban J connectivity index is 2.87. The Bertz CT molecular complexity index is 308. The summed E-state index contributed by atoms with van der Waals surface area (Å²) in [7, 11) is 10.9. The number of carbonyl (C=O) groups is 1. The lowest BCUT2D eigenvalue weighted by molar-refractivity contribution is -0.192. The molecule has 1 aliphatic rings. The van der Waals surface area contributed by atoms with Crippen LogP contribution in [-0.4, -0.2) is 44.6 Å². The van der Waals surface area contributed by atoms with Gasteiger partial charge in [0.1, 0.15) is 0 Å². The quantitative estimate of drug-likeness (QED) is 0.762. The van der Waals surface area contributed by atoms with Crippen LogP contribution in [0, 0.1) is 0 Å². The van der Waals surface area contributed by atoms with Crippen LogP contribution in [0.5, 0.6) is 0 Å². The molecule has 0 aromatic heterocycles. The zero-order valence-electron chi connectivity index (χ0n) is 9.15. The van der Waals surface area contributed by atoms with Gasteiger partial charge in [-0.2, -0.15) is 0 Å². The summed E-state index contributed by atoms with van der Waals surface area (Å²) in [6.07, 6.45) is 3.38. The first-order valence-electron chi connectivity index (χ1n) is 5.23. The monoisotopic (exact) mass is 280 g/mol. The fraction of sp³-hybridized carbons (Fsp3) is 0.667. The third-order valence-corrected chi connectivity index (χ3v) is 3.31. The van der Waals surface area contributed by atoms with Crippen molar-refractivity contribution in [3.05, 3.63) is 10.6 Å². The van der Waals surface area contributed by atoms with E-state index in [1.807, 2.05) is 6.92 Å². The van der Waals surface area contributed by atoms with Crippen LogP contribution in [0.3, 0.4) is 0 Å². The lowest BCUT2D eigenvalue weighted by atomic mass is 9.16. The summed E-state index contributed by atoms with van der Waals surface area (Å²) in [5, 5.41) is 10.2. The molecule has 1 N–H and O–H groups in total. The summed E-state index contributed by atoms with van der Waals surface area (Å²) in [6.45, 7) is 1.07. The normalized spacial score (nSPS) is 30.1. The summed E-state index contributed by atoms with van der Waals surface area (Å²) in [5.74, 6) is -1.81. The van der Waals surface area contributed by atoms with E-state index in [9.17, 15) is 9.90 Å². The molecular formula is C9H12B3BrO3. The second kappa shape index (κ2) is 5.56. The first-order valence-corrected chi connectivity index (χ1v) is 6.03. The van der Waals surface area contributed by atoms with E-state index < -0.39 is 18.3 Å². The molecule has 0 fully saturated rings. The molecule has 0 aromatic rings. The van der Waals surface area contributed by atoms with Crippen LogP contribution in [0.1, 0.15) is 26.2 Å². The van der Waals surface area contributed by atoms with Gasteiger partial charge in [0.05, 0.1) is 17.0 Å². The highest BCUT2D eigenvalue weighted by atomic mass is 79.9. The van der Waals surface area contributed by atoms with E-state index in [0.717, 1.165) is 12.8 Å². The summed E-state index contributed by atoms with van der Waals surface area (Å²) >= 11 is 3.14. The maximum Gasteiger partial charge on any atom is 0.198 e. The Morgan fingerprint density at radius 3 is 2.81 bits per heavy atom. The Kier molecular flexibility index (Phi) is 4.89. The highest BCUT2D eigenvalue weighted by Gasteiger charge is 2.41. The lowest BCUT2D eigenvalue weighted by Crippen LogP contribution is -2.51. The zero-order chi connectivity index (χ0) is 12.3. The van der Waals surface area contributed by atoms with Crippen molar-refractivity contribution in [1.29, 1.82) is 0 Å². The molecule has 7 heteroatoms. The molecule has 0 saturated heterocycles. The van der Waals surface area contributed by atoms with Crippen molar-refractivity contribution >= 4 is 43.7 Å². The highest BCUT2D eigenvalue weighted by molar-refractivity contribution is 9.11. The van der Waals surface area contributed by atoms with E-state index in [2.05, 4.69) is 15.9 Å². The van der Waals surface area contributed by atoms with Gasteiger partial charge in [-0.1, -0.05) is 13.3 Å². The zero-order valence-corrected chi connectivity index (χ0v) is 10.7. The Labute approximate surface area is 107 Å². The van der Waals surface area contributed by atoms with Crippen molar-refractivity contribution in [2.24, 2.45) is 0 Å². The Morgan fingerprint density at radius 2 is 2.31 bits per heavy atom.